The van der Waals surface area contributed by atoms with Crippen LogP contribution >= 0.6 is 0 Å². The minimum atomic E-state index is -0.220. The largest absolute Gasteiger partial charge is 0.504 e. The third-order valence-corrected chi connectivity index (χ3v) is 3.09. The number of carbonyl (C=O) groups is 1. The molecule has 0 saturated heterocycles. The molecule has 1 atom stereocenters. The van der Waals surface area contributed by atoms with E-state index in [-0.39, 0.29) is 17.5 Å². The zero-order valence-corrected chi connectivity index (χ0v) is 7.68. The van der Waals surface area contributed by atoms with Crippen molar-refractivity contribution in [1.82, 2.24) is 0 Å². The molecule has 0 amide bonds. The lowest BCUT2D eigenvalue weighted by molar-refractivity contribution is -0.114. The first kappa shape index (κ1) is 8.54. The van der Waals surface area contributed by atoms with Crippen LogP contribution in [0.25, 0.3) is 0 Å². The summed E-state index contributed by atoms with van der Waals surface area (Å²) in [5, 5.41) is 9.56. The molecule has 0 aromatic heterocycles. The molecule has 0 aromatic carbocycles. The molecular formula is C11H14O2. The minimum Gasteiger partial charge on any atom is -0.504 e. The number of ketones is 1. The predicted octanol–water partition coefficient (Wildman–Crippen LogP) is 2.52. The topological polar surface area (TPSA) is 37.3 Å². The highest BCUT2D eigenvalue weighted by Crippen LogP contribution is 2.40. The molecule has 2 aliphatic carbocycles. The monoisotopic (exact) mass is 178 g/mol. The Balaban J connectivity index is 2.36. The summed E-state index contributed by atoms with van der Waals surface area (Å²) >= 11 is 0. The van der Waals surface area contributed by atoms with Crippen LogP contribution in [-0.2, 0) is 4.79 Å². The Morgan fingerprint density at radius 1 is 1.31 bits per heavy atom. The molecule has 70 valence electrons. The molecule has 0 radical (unpaired) electrons. The van der Waals surface area contributed by atoms with E-state index in [1.807, 2.05) is 0 Å². The normalized spacial score (nSPS) is 29.1. The van der Waals surface area contributed by atoms with Gasteiger partial charge < -0.3 is 5.11 Å². The van der Waals surface area contributed by atoms with Gasteiger partial charge in [-0.3, -0.25) is 4.79 Å². The number of rotatable bonds is 0. The Labute approximate surface area is 78.0 Å². The minimum absolute atomic E-state index is 0.00287. The van der Waals surface area contributed by atoms with Crippen molar-refractivity contribution >= 4 is 5.78 Å². The van der Waals surface area contributed by atoms with Gasteiger partial charge in [0.2, 0.25) is 5.78 Å². The fraction of sp³-hybridized carbons (Fsp3) is 0.545. The van der Waals surface area contributed by atoms with Gasteiger partial charge in [0.15, 0.2) is 5.76 Å². The van der Waals surface area contributed by atoms with Crippen molar-refractivity contribution in [2.45, 2.75) is 32.1 Å². The first-order chi connectivity index (χ1) is 6.22. The molecule has 2 nitrogen and oxygen atoms in total. The van der Waals surface area contributed by atoms with Crippen LogP contribution in [0, 0.1) is 5.92 Å². The first-order valence-electron chi connectivity index (χ1n) is 4.87. The molecule has 1 saturated carbocycles. The van der Waals surface area contributed by atoms with Gasteiger partial charge in [-0.25, -0.2) is 0 Å². The second kappa shape index (κ2) is 3.02. The van der Waals surface area contributed by atoms with Crippen LogP contribution in [0.5, 0.6) is 0 Å². The maximum Gasteiger partial charge on any atom is 0.223 e. The zero-order chi connectivity index (χ0) is 9.42. The number of fused-ring (bicyclic) bond motifs is 1. The maximum absolute atomic E-state index is 11.4. The summed E-state index contributed by atoms with van der Waals surface area (Å²) < 4.78 is 0. The van der Waals surface area contributed by atoms with Gasteiger partial charge in [0.05, 0.1) is 0 Å². The summed E-state index contributed by atoms with van der Waals surface area (Å²) in [6, 6.07) is 0. The highest BCUT2D eigenvalue weighted by atomic mass is 16.3. The van der Waals surface area contributed by atoms with Crippen molar-refractivity contribution in [3.63, 3.8) is 0 Å². The van der Waals surface area contributed by atoms with Crippen molar-refractivity contribution in [2.24, 2.45) is 5.92 Å². The summed E-state index contributed by atoms with van der Waals surface area (Å²) in [6.07, 6.45) is 5.31. The number of aliphatic hydroxyl groups excluding tert-OH is 1. The van der Waals surface area contributed by atoms with Crippen LogP contribution in [0.1, 0.15) is 32.1 Å². The van der Waals surface area contributed by atoms with Gasteiger partial charge in [0.1, 0.15) is 0 Å². The molecule has 2 heteroatoms. The predicted molar refractivity (Wildman–Crippen MR) is 50.4 cm³/mol. The Bertz CT molecular complexity index is 299. The molecular weight excluding hydrogens is 164 g/mol. The Morgan fingerprint density at radius 3 is 2.85 bits per heavy atom. The number of aliphatic hydroxyl groups is 1. The van der Waals surface area contributed by atoms with E-state index in [2.05, 4.69) is 6.58 Å². The van der Waals surface area contributed by atoms with E-state index in [1.165, 1.54) is 6.42 Å². The third-order valence-electron chi connectivity index (χ3n) is 3.09. The van der Waals surface area contributed by atoms with Gasteiger partial charge in [-0.2, -0.15) is 0 Å². The summed E-state index contributed by atoms with van der Waals surface area (Å²) in [6.45, 7) is 3.76. The average Bonchev–Trinajstić information content (AvgIpc) is 2.40. The average molecular weight is 178 g/mol. The highest BCUT2D eigenvalue weighted by Gasteiger charge is 2.35. The van der Waals surface area contributed by atoms with Crippen LogP contribution in [0.15, 0.2) is 23.5 Å². The van der Waals surface area contributed by atoms with Crippen molar-refractivity contribution in [1.29, 1.82) is 0 Å². The van der Waals surface area contributed by atoms with E-state index >= 15 is 0 Å². The molecule has 2 rings (SSSR count). The Hall–Kier alpha value is -1.05. The standard InChI is InChI=1S/C11H14O2/c1-7-8-5-3-2-4-6-9(8)11(13)10(7)12/h8,13H,1-6H2/t8-/m0/s1. The van der Waals surface area contributed by atoms with E-state index in [9.17, 15) is 9.90 Å². The second-order valence-corrected chi connectivity index (χ2v) is 3.88. The van der Waals surface area contributed by atoms with E-state index in [1.54, 1.807) is 0 Å². The molecule has 0 bridgehead atoms. The zero-order valence-electron chi connectivity index (χ0n) is 7.68. The van der Waals surface area contributed by atoms with Crippen LogP contribution in [0.3, 0.4) is 0 Å². The van der Waals surface area contributed by atoms with Gasteiger partial charge in [-0.05, 0) is 24.8 Å². The van der Waals surface area contributed by atoms with Gasteiger partial charge in [-0.1, -0.05) is 19.4 Å². The SMILES string of the molecule is C=C1C(=O)C(O)=C2CCCCC[C@@H]12. The van der Waals surface area contributed by atoms with Gasteiger partial charge in [-0.15, -0.1) is 0 Å². The molecule has 13 heavy (non-hydrogen) atoms. The molecule has 1 N–H and O–H groups in total. The molecule has 0 aromatic rings. The number of hydrogen-bond donors (Lipinski definition) is 1. The number of Topliss-reactive ketones (excluding diaryl/α,β-unsaturated/α-hetero) is 1. The lowest BCUT2D eigenvalue weighted by atomic mass is 9.93. The summed E-state index contributed by atoms with van der Waals surface area (Å²) in [7, 11) is 0. The number of allylic oxidation sites excluding steroid dienone is 2. The van der Waals surface area contributed by atoms with Crippen molar-refractivity contribution in [3.05, 3.63) is 23.5 Å². The summed E-state index contributed by atoms with van der Waals surface area (Å²) in [5.41, 5.74) is 1.56. The van der Waals surface area contributed by atoms with Crippen LogP contribution in [-0.4, -0.2) is 10.9 Å². The first-order valence-corrected chi connectivity index (χ1v) is 4.87. The van der Waals surface area contributed by atoms with Crippen LogP contribution in [0.4, 0.5) is 0 Å². The van der Waals surface area contributed by atoms with Gasteiger partial charge in [0, 0.05) is 11.5 Å². The summed E-state index contributed by atoms with van der Waals surface area (Å²) in [4.78, 5) is 11.4. The van der Waals surface area contributed by atoms with Crippen molar-refractivity contribution < 1.29 is 9.90 Å². The second-order valence-electron chi connectivity index (χ2n) is 3.88. The lowest BCUT2D eigenvalue weighted by Crippen LogP contribution is -2.03. The molecule has 1 fully saturated rings. The quantitative estimate of drug-likeness (QED) is 0.579. The van der Waals surface area contributed by atoms with E-state index in [4.69, 9.17) is 0 Å². The highest BCUT2D eigenvalue weighted by molar-refractivity contribution is 6.10. The Kier molecular flexibility index (Phi) is 1.98. The smallest absolute Gasteiger partial charge is 0.223 e. The van der Waals surface area contributed by atoms with Crippen LogP contribution < -0.4 is 0 Å². The molecule has 0 heterocycles. The van der Waals surface area contributed by atoms with Crippen LogP contribution in [0.2, 0.25) is 0 Å². The number of hydrogen-bond acceptors (Lipinski definition) is 2. The fourth-order valence-corrected chi connectivity index (χ4v) is 2.31. The molecule has 0 unspecified atom stereocenters. The molecule has 2 aliphatic rings. The molecule has 0 aliphatic heterocycles. The number of carbonyl (C=O) groups excluding carboxylic acids is 1. The van der Waals surface area contributed by atoms with Crippen molar-refractivity contribution in [2.75, 3.05) is 0 Å². The third kappa shape index (κ3) is 1.21. The summed E-state index contributed by atoms with van der Waals surface area (Å²) in [5.74, 6) is -0.0613. The Morgan fingerprint density at radius 2 is 2.08 bits per heavy atom. The van der Waals surface area contributed by atoms with E-state index in [0.717, 1.165) is 31.3 Å². The van der Waals surface area contributed by atoms with E-state index < -0.39 is 0 Å². The van der Waals surface area contributed by atoms with Gasteiger partial charge in [0.25, 0.3) is 0 Å². The lowest BCUT2D eigenvalue weighted by Gasteiger charge is -2.09. The maximum atomic E-state index is 11.4. The van der Waals surface area contributed by atoms with E-state index in [0.29, 0.717) is 5.57 Å². The fourth-order valence-electron chi connectivity index (χ4n) is 2.31. The van der Waals surface area contributed by atoms with Crippen molar-refractivity contribution in [3.8, 4) is 0 Å². The molecule has 0 spiro atoms. The van der Waals surface area contributed by atoms with Gasteiger partial charge >= 0.3 is 0 Å².